The van der Waals surface area contributed by atoms with Gasteiger partial charge in [0.1, 0.15) is 0 Å². The number of hydrogen-bond acceptors (Lipinski definition) is 4. The quantitative estimate of drug-likeness (QED) is 0.345. The summed E-state index contributed by atoms with van der Waals surface area (Å²) in [7, 11) is 2.17. The van der Waals surface area contributed by atoms with E-state index < -0.39 is 30.0 Å². The highest BCUT2D eigenvalue weighted by molar-refractivity contribution is 6.37. The zero-order chi connectivity index (χ0) is 15.4. The third-order valence-electron chi connectivity index (χ3n) is 1.72. The van der Waals surface area contributed by atoms with Crippen LogP contribution in [0.3, 0.4) is 0 Å². The maximum absolute atomic E-state index is 12.5. The molecule has 112 valence electrons. The number of halogens is 6. The highest BCUT2D eigenvalue weighted by Gasteiger charge is 2.61. The van der Waals surface area contributed by atoms with Gasteiger partial charge in [-0.2, -0.15) is 31.4 Å². The second-order valence-electron chi connectivity index (χ2n) is 3.57. The Morgan fingerprint density at radius 3 is 1.84 bits per heavy atom. The minimum Gasteiger partial charge on any atom is -0.461 e. The maximum atomic E-state index is 12.5. The summed E-state index contributed by atoms with van der Waals surface area (Å²) >= 11 is 0. The van der Waals surface area contributed by atoms with Gasteiger partial charge in [-0.1, -0.05) is 0 Å². The predicted molar refractivity (Wildman–Crippen MR) is 53.4 cm³/mol. The summed E-state index contributed by atoms with van der Waals surface area (Å²) in [6.07, 6.45) is -11.4. The lowest BCUT2D eigenvalue weighted by Crippen LogP contribution is -2.46. The molecule has 0 spiro atoms. The van der Waals surface area contributed by atoms with Crippen LogP contribution in [0.2, 0.25) is 0 Å². The van der Waals surface area contributed by atoms with Gasteiger partial charge < -0.3 is 9.75 Å². The summed E-state index contributed by atoms with van der Waals surface area (Å²) < 4.78 is 79.1. The van der Waals surface area contributed by atoms with Crippen molar-refractivity contribution in [1.29, 1.82) is 0 Å². The summed E-state index contributed by atoms with van der Waals surface area (Å²) in [5.74, 6) is -5.74. The molecule has 0 saturated heterocycles. The van der Waals surface area contributed by atoms with Gasteiger partial charge in [0.15, 0.2) is 5.71 Å². The van der Waals surface area contributed by atoms with Crippen LogP contribution < -0.4 is 0 Å². The molecule has 0 heterocycles. The Hall–Kier alpha value is -1.48. The second kappa shape index (κ2) is 6.11. The van der Waals surface area contributed by atoms with Crippen LogP contribution in [0, 0.1) is 5.92 Å². The van der Waals surface area contributed by atoms with Crippen molar-refractivity contribution in [1.82, 2.24) is 5.01 Å². The third kappa shape index (κ3) is 5.35. The molecule has 0 aromatic carbocycles. The summed E-state index contributed by atoms with van der Waals surface area (Å²) in [6.45, 7) is 0.884. The van der Waals surface area contributed by atoms with E-state index in [1.807, 2.05) is 0 Å². The van der Waals surface area contributed by atoms with Crippen LogP contribution in [0.25, 0.3) is 0 Å². The van der Waals surface area contributed by atoms with Crippen molar-refractivity contribution in [2.45, 2.75) is 19.3 Å². The first-order chi connectivity index (χ1) is 8.41. The highest BCUT2D eigenvalue weighted by Crippen LogP contribution is 2.40. The number of ether oxygens (including phenoxy) is 1. The number of hydrogen-bond donors (Lipinski definition) is 0. The molecule has 10 heteroatoms. The molecule has 0 radical (unpaired) electrons. The summed E-state index contributed by atoms with van der Waals surface area (Å²) in [5, 5.41) is 3.63. The van der Waals surface area contributed by atoms with E-state index in [1.54, 1.807) is 0 Å². The molecule has 0 aliphatic rings. The van der Waals surface area contributed by atoms with Gasteiger partial charge in [0.05, 0.1) is 6.61 Å². The van der Waals surface area contributed by atoms with E-state index in [4.69, 9.17) is 0 Å². The number of esters is 1. The molecule has 4 nitrogen and oxygen atoms in total. The Morgan fingerprint density at radius 1 is 1.16 bits per heavy atom. The number of carbonyl (C=O) groups is 1. The first kappa shape index (κ1) is 17.5. The van der Waals surface area contributed by atoms with Crippen molar-refractivity contribution in [2.75, 3.05) is 20.7 Å². The molecule has 0 bridgehead atoms. The van der Waals surface area contributed by atoms with E-state index in [0.29, 0.717) is 5.01 Å². The van der Waals surface area contributed by atoms with Crippen LogP contribution in [0.5, 0.6) is 0 Å². The van der Waals surface area contributed by atoms with Crippen LogP contribution in [-0.4, -0.2) is 49.7 Å². The zero-order valence-corrected chi connectivity index (χ0v) is 10.3. The summed E-state index contributed by atoms with van der Waals surface area (Å²) in [4.78, 5) is 11.2. The van der Waals surface area contributed by atoms with E-state index >= 15 is 0 Å². The smallest absolute Gasteiger partial charge is 0.406 e. The molecule has 0 aliphatic heterocycles. The zero-order valence-electron chi connectivity index (χ0n) is 10.3. The molecule has 0 aliphatic carbocycles. The normalized spacial score (nSPS) is 13.7. The molecule has 0 rings (SSSR count). The van der Waals surface area contributed by atoms with Crippen molar-refractivity contribution in [3.8, 4) is 0 Å². The summed E-state index contributed by atoms with van der Waals surface area (Å²) in [5.41, 5.74) is -1.74. The average Bonchev–Trinajstić information content (AvgIpc) is 2.11. The molecular formula is C9H12F6N2O2. The molecule has 0 saturated carbocycles. The SMILES string of the molecule is CCOC(=O)/C(=N\N(C)C)C(C(F)(F)F)C(F)(F)F. The first-order valence-corrected chi connectivity index (χ1v) is 4.97. The lowest BCUT2D eigenvalue weighted by Gasteiger charge is -2.24. The van der Waals surface area contributed by atoms with E-state index in [9.17, 15) is 31.1 Å². The van der Waals surface area contributed by atoms with Crippen LogP contribution in [0.15, 0.2) is 5.10 Å². The maximum Gasteiger partial charge on any atom is 0.406 e. The van der Waals surface area contributed by atoms with Crippen molar-refractivity contribution in [3.05, 3.63) is 0 Å². The van der Waals surface area contributed by atoms with Gasteiger partial charge in [-0.25, -0.2) is 4.79 Å². The monoisotopic (exact) mass is 294 g/mol. The lowest BCUT2D eigenvalue weighted by atomic mass is 10.0. The fraction of sp³-hybridized carbons (Fsp3) is 0.778. The van der Waals surface area contributed by atoms with E-state index in [-0.39, 0.29) is 6.61 Å². The molecule has 0 amide bonds. The van der Waals surface area contributed by atoms with Gasteiger partial charge in [-0.15, -0.1) is 0 Å². The second-order valence-corrected chi connectivity index (χ2v) is 3.57. The fourth-order valence-corrected chi connectivity index (χ4v) is 1.13. The van der Waals surface area contributed by atoms with Crippen LogP contribution in [0.1, 0.15) is 6.92 Å². The van der Waals surface area contributed by atoms with Gasteiger partial charge in [0, 0.05) is 14.1 Å². The van der Waals surface area contributed by atoms with Crippen LogP contribution in [0.4, 0.5) is 26.3 Å². The van der Waals surface area contributed by atoms with Gasteiger partial charge in [-0.05, 0) is 6.92 Å². The molecule has 0 fully saturated rings. The molecule has 0 aromatic heterocycles. The Kier molecular flexibility index (Phi) is 5.63. The van der Waals surface area contributed by atoms with Gasteiger partial charge in [-0.3, -0.25) is 0 Å². The third-order valence-corrected chi connectivity index (χ3v) is 1.72. The van der Waals surface area contributed by atoms with Crippen molar-refractivity contribution in [2.24, 2.45) is 11.0 Å². The number of alkyl halides is 6. The minimum absolute atomic E-state index is 0.367. The first-order valence-electron chi connectivity index (χ1n) is 4.97. The van der Waals surface area contributed by atoms with Crippen molar-refractivity contribution < 1.29 is 35.9 Å². The minimum atomic E-state index is -5.69. The Balaban J connectivity index is 5.72. The van der Waals surface area contributed by atoms with Gasteiger partial charge in [0.25, 0.3) is 0 Å². The number of nitrogens with zero attached hydrogens (tertiary/aromatic N) is 2. The number of carbonyl (C=O) groups excluding carboxylic acids is 1. The summed E-state index contributed by atoms with van der Waals surface area (Å²) in [6, 6.07) is 0. The largest absolute Gasteiger partial charge is 0.461 e. The Labute approximate surface area is 105 Å². The molecule has 0 atom stereocenters. The Morgan fingerprint density at radius 2 is 1.58 bits per heavy atom. The molecular weight excluding hydrogens is 282 g/mol. The molecule has 19 heavy (non-hydrogen) atoms. The topological polar surface area (TPSA) is 41.9 Å². The van der Waals surface area contributed by atoms with Crippen LogP contribution >= 0.6 is 0 Å². The standard InChI is InChI=1S/C9H12F6N2O2/c1-4-19-7(18)5(16-17(2)3)6(8(10,11)12)9(13,14)15/h6H,4H2,1-3H3/b16-5-. The van der Waals surface area contributed by atoms with Crippen molar-refractivity contribution >= 4 is 11.7 Å². The van der Waals surface area contributed by atoms with Crippen LogP contribution in [-0.2, 0) is 9.53 Å². The molecule has 0 N–H and O–H groups in total. The lowest BCUT2D eigenvalue weighted by molar-refractivity contribution is -0.261. The highest BCUT2D eigenvalue weighted by atomic mass is 19.4. The van der Waals surface area contributed by atoms with E-state index in [2.05, 4.69) is 9.84 Å². The molecule has 0 aromatic rings. The average molecular weight is 294 g/mol. The number of rotatable bonds is 4. The number of hydrazone groups is 1. The fourth-order valence-electron chi connectivity index (χ4n) is 1.13. The predicted octanol–water partition coefficient (Wildman–Crippen LogP) is 2.21. The van der Waals surface area contributed by atoms with E-state index in [0.717, 1.165) is 14.1 Å². The van der Waals surface area contributed by atoms with Gasteiger partial charge in [0.2, 0.25) is 5.92 Å². The Bertz CT molecular complexity index is 334. The van der Waals surface area contributed by atoms with Gasteiger partial charge >= 0.3 is 18.3 Å². The van der Waals surface area contributed by atoms with Crippen molar-refractivity contribution in [3.63, 3.8) is 0 Å². The van der Waals surface area contributed by atoms with E-state index in [1.165, 1.54) is 6.92 Å². The molecule has 0 unspecified atom stereocenters.